The number of hydrogen-bond acceptors (Lipinski definition) is 4. The monoisotopic (exact) mass is 343 g/mol. The van der Waals surface area contributed by atoms with Crippen molar-refractivity contribution in [3.63, 3.8) is 0 Å². The van der Waals surface area contributed by atoms with E-state index < -0.39 is 41.0 Å². The van der Waals surface area contributed by atoms with Crippen molar-refractivity contribution in [2.75, 3.05) is 11.4 Å². The summed E-state index contributed by atoms with van der Waals surface area (Å²) in [6.45, 7) is -3.62. The van der Waals surface area contributed by atoms with Gasteiger partial charge in [0.15, 0.2) is 0 Å². The number of carbonyl (C=O) groups is 1. The third-order valence-electron chi connectivity index (χ3n) is 2.92. The summed E-state index contributed by atoms with van der Waals surface area (Å²) in [5, 5.41) is -1.41. The van der Waals surface area contributed by atoms with E-state index in [0.29, 0.717) is 0 Å². The van der Waals surface area contributed by atoms with Gasteiger partial charge in [0.1, 0.15) is 11.0 Å². The second-order valence-corrected chi connectivity index (χ2v) is 6.35. The Bertz CT molecular complexity index is 667. The van der Waals surface area contributed by atoms with Crippen LogP contribution in [0.2, 0.25) is 5.02 Å². The standard InChI is InChI=1S/C11H9ClF3NO4S/c12-6-1-2-9(20-11(13)14)8(3-6)16-5-7(4-10(16)17)21(15,18)19/h1-3,7,11H,4-5H2. The summed E-state index contributed by atoms with van der Waals surface area (Å²) in [5.41, 5.74) is -0.126. The minimum Gasteiger partial charge on any atom is -0.433 e. The molecule has 0 aromatic heterocycles. The zero-order valence-corrected chi connectivity index (χ0v) is 11.9. The molecule has 0 spiro atoms. The highest BCUT2D eigenvalue weighted by molar-refractivity contribution is 7.87. The molecule has 1 aliphatic rings. The highest BCUT2D eigenvalue weighted by Crippen LogP contribution is 2.36. The molecule has 1 aromatic carbocycles. The molecule has 10 heteroatoms. The van der Waals surface area contributed by atoms with Crippen LogP contribution in [-0.2, 0) is 15.0 Å². The maximum absolute atomic E-state index is 13.0. The van der Waals surface area contributed by atoms with Gasteiger partial charge in [-0.3, -0.25) is 4.79 Å². The Kier molecular flexibility index (Phi) is 4.33. The molecule has 1 aromatic rings. The number of ether oxygens (including phenoxy) is 1. The zero-order chi connectivity index (χ0) is 15.8. The molecule has 1 heterocycles. The first kappa shape index (κ1) is 15.9. The van der Waals surface area contributed by atoms with Gasteiger partial charge in [-0.15, -0.1) is 3.89 Å². The summed E-state index contributed by atoms with van der Waals surface area (Å²) >= 11 is 5.73. The summed E-state index contributed by atoms with van der Waals surface area (Å²) in [4.78, 5) is 12.7. The van der Waals surface area contributed by atoms with E-state index in [2.05, 4.69) is 4.74 Å². The number of nitrogens with zero attached hydrogens (tertiary/aromatic N) is 1. The largest absolute Gasteiger partial charge is 0.433 e. The SMILES string of the molecule is O=C1CC(S(=O)(=O)F)CN1c1cc(Cl)ccc1OC(F)F. The van der Waals surface area contributed by atoms with Crippen LogP contribution >= 0.6 is 11.6 Å². The van der Waals surface area contributed by atoms with Crippen LogP contribution in [0.4, 0.5) is 18.4 Å². The number of hydrogen-bond donors (Lipinski definition) is 0. The Morgan fingerprint density at radius 2 is 2.05 bits per heavy atom. The minimum atomic E-state index is -4.91. The molecule has 0 bridgehead atoms. The van der Waals surface area contributed by atoms with Crippen molar-refractivity contribution in [1.29, 1.82) is 0 Å². The maximum atomic E-state index is 13.0. The number of amides is 1. The molecule has 1 atom stereocenters. The first-order chi connectivity index (χ1) is 9.68. The van der Waals surface area contributed by atoms with E-state index in [9.17, 15) is 25.9 Å². The lowest BCUT2D eigenvalue weighted by Gasteiger charge is -2.20. The smallest absolute Gasteiger partial charge is 0.387 e. The van der Waals surface area contributed by atoms with Crippen molar-refractivity contribution in [2.24, 2.45) is 0 Å². The topological polar surface area (TPSA) is 63.7 Å². The third-order valence-corrected chi connectivity index (χ3v) is 4.26. The van der Waals surface area contributed by atoms with Crippen molar-refractivity contribution >= 4 is 33.4 Å². The maximum Gasteiger partial charge on any atom is 0.387 e. The van der Waals surface area contributed by atoms with E-state index >= 15 is 0 Å². The van der Waals surface area contributed by atoms with Gasteiger partial charge in [-0.1, -0.05) is 11.6 Å². The van der Waals surface area contributed by atoms with Crippen LogP contribution in [0.1, 0.15) is 6.42 Å². The summed E-state index contributed by atoms with van der Waals surface area (Å²) in [5.74, 6) is -1.07. The van der Waals surface area contributed by atoms with E-state index in [4.69, 9.17) is 11.6 Å². The molecule has 5 nitrogen and oxygen atoms in total. The second-order valence-electron chi connectivity index (χ2n) is 4.30. The number of rotatable bonds is 4. The highest BCUT2D eigenvalue weighted by Gasteiger charge is 2.40. The van der Waals surface area contributed by atoms with Crippen LogP contribution in [0, 0.1) is 0 Å². The third kappa shape index (κ3) is 3.59. The number of halogens is 4. The Labute approximate surface area is 123 Å². The van der Waals surface area contributed by atoms with E-state index in [-0.39, 0.29) is 16.5 Å². The molecule has 0 N–H and O–H groups in total. The summed E-state index contributed by atoms with van der Waals surface area (Å²) in [6.07, 6.45) is -0.570. The van der Waals surface area contributed by atoms with Gasteiger partial charge in [0.25, 0.3) is 0 Å². The summed E-state index contributed by atoms with van der Waals surface area (Å²) < 4.78 is 63.6. The van der Waals surface area contributed by atoms with E-state index in [0.717, 1.165) is 11.0 Å². The van der Waals surface area contributed by atoms with Crippen LogP contribution in [0.15, 0.2) is 18.2 Å². The van der Waals surface area contributed by atoms with Crippen LogP contribution in [0.5, 0.6) is 5.75 Å². The van der Waals surface area contributed by atoms with Crippen molar-refractivity contribution in [3.05, 3.63) is 23.2 Å². The summed E-state index contributed by atoms with van der Waals surface area (Å²) in [7, 11) is -4.91. The van der Waals surface area contributed by atoms with Crippen LogP contribution in [-0.4, -0.2) is 32.7 Å². The molecular formula is C11H9ClF3NO4S. The lowest BCUT2D eigenvalue weighted by Crippen LogP contribution is -2.27. The van der Waals surface area contributed by atoms with Crippen LogP contribution < -0.4 is 9.64 Å². The molecule has 1 saturated heterocycles. The molecule has 0 aliphatic carbocycles. The fourth-order valence-corrected chi connectivity index (χ4v) is 2.83. The van der Waals surface area contributed by atoms with Gasteiger partial charge in [-0.25, -0.2) is 0 Å². The molecule has 0 saturated carbocycles. The fourth-order valence-electron chi connectivity index (χ4n) is 1.99. The fraction of sp³-hybridized carbons (Fsp3) is 0.364. The molecule has 21 heavy (non-hydrogen) atoms. The molecule has 0 radical (unpaired) electrons. The average molecular weight is 344 g/mol. The van der Waals surface area contributed by atoms with Gasteiger partial charge in [-0.2, -0.15) is 17.2 Å². The first-order valence-corrected chi connectivity index (χ1v) is 7.49. The van der Waals surface area contributed by atoms with E-state index in [1.807, 2.05) is 0 Å². The molecular weight excluding hydrogens is 335 g/mol. The highest BCUT2D eigenvalue weighted by atomic mass is 35.5. The van der Waals surface area contributed by atoms with Crippen LogP contribution in [0.25, 0.3) is 0 Å². The molecule has 2 rings (SSSR count). The van der Waals surface area contributed by atoms with Gasteiger partial charge < -0.3 is 9.64 Å². The normalized spacial score (nSPS) is 19.4. The molecule has 116 valence electrons. The van der Waals surface area contributed by atoms with Gasteiger partial charge in [0.05, 0.1) is 5.69 Å². The van der Waals surface area contributed by atoms with Crippen molar-refractivity contribution < 1.29 is 30.6 Å². The lowest BCUT2D eigenvalue weighted by molar-refractivity contribution is -0.117. The Hall–Kier alpha value is -1.48. The molecule has 1 fully saturated rings. The Balaban J connectivity index is 2.37. The van der Waals surface area contributed by atoms with E-state index in [1.165, 1.54) is 12.1 Å². The van der Waals surface area contributed by atoms with Gasteiger partial charge in [0.2, 0.25) is 5.91 Å². The number of alkyl halides is 2. The van der Waals surface area contributed by atoms with Crippen molar-refractivity contribution in [2.45, 2.75) is 18.3 Å². The Morgan fingerprint density at radius 1 is 1.38 bits per heavy atom. The quantitative estimate of drug-likeness (QED) is 0.787. The van der Waals surface area contributed by atoms with Crippen molar-refractivity contribution in [1.82, 2.24) is 0 Å². The molecule has 1 unspecified atom stereocenters. The predicted molar refractivity (Wildman–Crippen MR) is 68.9 cm³/mol. The molecule has 1 aliphatic heterocycles. The van der Waals surface area contributed by atoms with Gasteiger partial charge in [0, 0.05) is 18.0 Å². The molecule has 1 amide bonds. The second kappa shape index (κ2) is 5.72. The van der Waals surface area contributed by atoms with Gasteiger partial charge in [-0.05, 0) is 18.2 Å². The number of benzene rings is 1. The zero-order valence-electron chi connectivity index (χ0n) is 10.3. The minimum absolute atomic E-state index is 0.126. The summed E-state index contributed by atoms with van der Waals surface area (Å²) in [6, 6.07) is 3.56. The van der Waals surface area contributed by atoms with E-state index in [1.54, 1.807) is 0 Å². The van der Waals surface area contributed by atoms with Crippen LogP contribution in [0.3, 0.4) is 0 Å². The number of carbonyl (C=O) groups excluding carboxylic acids is 1. The van der Waals surface area contributed by atoms with Gasteiger partial charge >= 0.3 is 16.8 Å². The number of anilines is 1. The lowest BCUT2D eigenvalue weighted by atomic mass is 10.2. The predicted octanol–water partition coefficient (Wildman–Crippen LogP) is 2.35. The first-order valence-electron chi connectivity index (χ1n) is 5.66. The van der Waals surface area contributed by atoms with Crippen molar-refractivity contribution in [3.8, 4) is 5.75 Å². The Morgan fingerprint density at radius 3 is 2.57 bits per heavy atom. The average Bonchev–Trinajstić information content (AvgIpc) is 2.73.